The quantitative estimate of drug-likeness (QED) is 0.838. The maximum atomic E-state index is 12.7. The van der Waals surface area contributed by atoms with E-state index in [1.807, 2.05) is 35.2 Å². The zero-order chi connectivity index (χ0) is 16.2. The van der Waals surface area contributed by atoms with Crippen molar-refractivity contribution >= 4 is 34.2 Å². The van der Waals surface area contributed by atoms with E-state index in [9.17, 15) is 4.79 Å². The summed E-state index contributed by atoms with van der Waals surface area (Å²) in [4.78, 5) is 14.6. The van der Waals surface area contributed by atoms with E-state index in [1.165, 1.54) is 5.56 Å². The van der Waals surface area contributed by atoms with Gasteiger partial charge >= 0.3 is 0 Å². The molecule has 0 radical (unpaired) electrons. The number of benzene rings is 2. The molecule has 1 aliphatic heterocycles. The number of carbonyl (C=O) groups is 1. The molecule has 2 aromatic rings. The molecule has 2 aromatic carbocycles. The first kappa shape index (κ1) is 19.0. The highest BCUT2D eigenvalue weighted by atomic mass is 79.9. The molecule has 3 nitrogen and oxygen atoms in total. The first-order chi connectivity index (χ1) is 11.2. The molecule has 3 rings (SSSR count). The predicted octanol–water partition coefficient (Wildman–Crippen LogP) is 3.61. The molecule has 128 valence electrons. The molecule has 0 aliphatic carbocycles. The van der Waals surface area contributed by atoms with E-state index < -0.39 is 0 Å². The van der Waals surface area contributed by atoms with Gasteiger partial charge in [0.05, 0.1) is 6.42 Å². The van der Waals surface area contributed by atoms with Gasteiger partial charge in [-0.25, -0.2) is 0 Å². The molecule has 5 heteroatoms. The van der Waals surface area contributed by atoms with Gasteiger partial charge in [-0.2, -0.15) is 0 Å². The molecule has 1 saturated heterocycles. The molecule has 0 unspecified atom stereocenters. The Morgan fingerprint density at radius 3 is 2.42 bits per heavy atom. The van der Waals surface area contributed by atoms with E-state index in [1.54, 1.807) is 0 Å². The lowest BCUT2D eigenvalue weighted by Crippen LogP contribution is -2.31. The summed E-state index contributed by atoms with van der Waals surface area (Å²) in [5, 5.41) is 0. The van der Waals surface area contributed by atoms with Crippen LogP contribution in [0.15, 0.2) is 59.1 Å². The minimum Gasteiger partial charge on any atom is -0.341 e. The molecular formula is C19H22BrClN2O. The van der Waals surface area contributed by atoms with Crippen molar-refractivity contribution in [1.82, 2.24) is 4.90 Å². The number of halogens is 2. The van der Waals surface area contributed by atoms with Crippen LogP contribution in [-0.2, 0) is 11.2 Å². The number of nitrogens with zero attached hydrogens (tertiary/aromatic N) is 1. The number of carbonyl (C=O) groups excluding carboxylic acids is 1. The van der Waals surface area contributed by atoms with Gasteiger partial charge in [-0.15, -0.1) is 12.4 Å². The van der Waals surface area contributed by atoms with E-state index >= 15 is 0 Å². The Balaban J connectivity index is 0.00000208. The molecule has 24 heavy (non-hydrogen) atoms. The van der Waals surface area contributed by atoms with Crippen molar-refractivity contribution in [2.45, 2.75) is 12.3 Å². The first-order valence-electron chi connectivity index (χ1n) is 7.95. The predicted molar refractivity (Wildman–Crippen MR) is 103 cm³/mol. The zero-order valence-electron chi connectivity index (χ0n) is 13.4. The Kier molecular flexibility index (Phi) is 6.84. The van der Waals surface area contributed by atoms with Crippen LogP contribution in [-0.4, -0.2) is 30.4 Å². The summed E-state index contributed by atoms with van der Waals surface area (Å²) in [5.74, 6) is 0.846. The Morgan fingerprint density at radius 1 is 1.08 bits per heavy atom. The number of likely N-dealkylation sites (tertiary alicyclic amines) is 1. The van der Waals surface area contributed by atoms with Crippen molar-refractivity contribution in [2.75, 3.05) is 19.6 Å². The molecule has 2 atom stereocenters. The van der Waals surface area contributed by atoms with Crippen LogP contribution in [0.2, 0.25) is 0 Å². The highest BCUT2D eigenvalue weighted by Crippen LogP contribution is 2.32. The summed E-state index contributed by atoms with van der Waals surface area (Å²) in [5.41, 5.74) is 8.26. The standard InChI is InChI=1S/C19H21BrN2O.ClH/c20-18-9-5-4-8-15(18)10-19(23)22-12-16(11-21)17(13-22)14-6-2-1-3-7-14;/h1-9,16-17H,10-13,21H2;1H/t16-,17+;/m1./s1. The highest BCUT2D eigenvalue weighted by molar-refractivity contribution is 9.10. The Bertz CT molecular complexity index is 680. The van der Waals surface area contributed by atoms with E-state index in [0.717, 1.165) is 23.1 Å². The first-order valence-corrected chi connectivity index (χ1v) is 8.74. The van der Waals surface area contributed by atoms with Gasteiger partial charge in [0, 0.05) is 23.5 Å². The number of amides is 1. The summed E-state index contributed by atoms with van der Waals surface area (Å²) < 4.78 is 0.988. The normalized spacial score (nSPS) is 19.8. The van der Waals surface area contributed by atoms with Gasteiger partial charge in [-0.05, 0) is 29.7 Å². The van der Waals surface area contributed by atoms with E-state index in [4.69, 9.17) is 5.73 Å². The monoisotopic (exact) mass is 408 g/mol. The van der Waals surface area contributed by atoms with Crippen LogP contribution in [0.3, 0.4) is 0 Å². The van der Waals surface area contributed by atoms with Crippen molar-refractivity contribution in [1.29, 1.82) is 0 Å². The summed E-state index contributed by atoms with van der Waals surface area (Å²) in [7, 11) is 0. The zero-order valence-corrected chi connectivity index (χ0v) is 15.8. The molecule has 1 fully saturated rings. The van der Waals surface area contributed by atoms with Crippen LogP contribution in [0, 0.1) is 5.92 Å². The van der Waals surface area contributed by atoms with E-state index in [2.05, 4.69) is 40.2 Å². The molecule has 1 amide bonds. The fraction of sp³-hybridized carbons (Fsp3) is 0.316. The van der Waals surface area contributed by atoms with Crippen molar-refractivity contribution in [3.05, 3.63) is 70.2 Å². The van der Waals surface area contributed by atoms with Gasteiger partial charge in [0.15, 0.2) is 0 Å². The third-order valence-corrected chi connectivity index (χ3v) is 5.40. The minimum atomic E-state index is 0. The van der Waals surface area contributed by atoms with Crippen LogP contribution >= 0.6 is 28.3 Å². The maximum Gasteiger partial charge on any atom is 0.227 e. The Labute approximate surface area is 157 Å². The van der Waals surface area contributed by atoms with Gasteiger partial charge in [0.1, 0.15) is 0 Å². The average Bonchev–Trinajstić information content (AvgIpc) is 3.02. The largest absolute Gasteiger partial charge is 0.341 e. The molecule has 1 heterocycles. The second-order valence-electron chi connectivity index (χ2n) is 6.08. The molecule has 0 aromatic heterocycles. The van der Waals surface area contributed by atoms with Crippen molar-refractivity contribution < 1.29 is 4.79 Å². The number of nitrogens with two attached hydrogens (primary N) is 1. The molecule has 0 saturated carbocycles. The summed E-state index contributed by atoms with van der Waals surface area (Å²) in [6, 6.07) is 18.3. The molecule has 1 aliphatic rings. The fourth-order valence-corrected chi connectivity index (χ4v) is 3.73. The second kappa shape index (κ2) is 8.65. The molecular weight excluding hydrogens is 388 g/mol. The molecule has 0 spiro atoms. The number of rotatable bonds is 4. The van der Waals surface area contributed by atoms with Gasteiger partial charge in [-0.3, -0.25) is 4.79 Å². The lowest BCUT2D eigenvalue weighted by Gasteiger charge is -2.17. The SMILES string of the molecule is Cl.NC[C@@H]1CN(C(=O)Cc2ccccc2Br)C[C@H]1c1ccccc1. The van der Waals surface area contributed by atoms with Crippen LogP contribution in [0.1, 0.15) is 17.0 Å². The number of hydrogen-bond acceptors (Lipinski definition) is 2. The topological polar surface area (TPSA) is 46.3 Å². The second-order valence-corrected chi connectivity index (χ2v) is 6.93. The highest BCUT2D eigenvalue weighted by Gasteiger charge is 2.35. The summed E-state index contributed by atoms with van der Waals surface area (Å²) in [6.07, 6.45) is 0.431. The molecule has 0 bridgehead atoms. The van der Waals surface area contributed by atoms with Gasteiger partial charge in [0.25, 0.3) is 0 Å². The van der Waals surface area contributed by atoms with Crippen LogP contribution in [0.5, 0.6) is 0 Å². The minimum absolute atomic E-state index is 0. The Morgan fingerprint density at radius 2 is 1.75 bits per heavy atom. The van der Waals surface area contributed by atoms with Crippen LogP contribution < -0.4 is 5.73 Å². The third kappa shape index (κ3) is 4.18. The van der Waals surface area contributed by atoms with Crippen molar-refractivity contribution in [2.24, 2.45) is 11.7 Å². The number of hydrogen-bond donors (Lipinski definition) is 1. The van der Waals surface area contributed by atoms with Crippen LogP contribution in [0.4, 0.5) is 0 Å². The van der Waals surface area contributed by atoms with E-state index in [-0.39, 0.29) is 18.3 Å². The van der Waals surface area contributed by atoms with Crippen molar-refractivity contribution in [3.8, 4) is 0 Å². The molecule has 2 N–H and O–H groups in total. The van der Waals surface area contributed by atoms with Gasteiger partial charge < -0.3 is 10.6 Å². The van der Waals surface area contributed by atoms with Crippen molar-refractivity contribution in [3.63, 3.8) is 0 Å². The average molecular weight is 410 g/mol. The summed E-state index contributed by atoms with van der Waals surface area (Å²) in [6.45, 7) is 2.12. The smallest absolute Gasteiger partial charge is 0.227 e. The van der Waals surface area contributed by atoms with Gasteiger partial charge in [-0.1, -0.05) is 64.5 Å². The third-order valence-electron chi connectivity index (χ3n) is 4.62. The van der Waals surface area contributed by atoms with Crippen LogP contribution in [0.25, 0.3) is 0 Å². The lowest BCUT2D eigenvalue weighted by atomic mass is 9.89. The van der Waals surface area contributed by atoms with E-state index in [0.29, 0.717) is 24.8 Å². The summed E-state index contributed by atoms with van der Waals surface area (Å²) >= 11 is 3.52. The Hall–Kier alpha value is -1.36. The fourth-order valence-electron chi connectivity index (χ4n) is 3.31. The van der Waals surface area contributed by atoms with Gasteiger partial charge in [0.2, 0.25) is 5.91 Å². The lowest BCUT2D eigenvalue weighted by molar-refractivity contribution is -0.129. The maximum absolute atomic E-state index is 12.7.